The van der Waals surface area contributed by atoms with Gasteiger partial charge in [0.05, 0.1) is 6.04 Å². The van der Waals surface area contributed by atoms with Gasteiger partial charge in [-0.2, -0.15) is 12.6 Å². The lowest BCUT2D eigenvalue weighted by Crippen LogP contribution is -2.58. The zero-order chi connectivity index (χ0) is 29.8. The third kappa shape index (κ3) is 10.5. The lowest BCUT2D eigenvalue weighted by Gasteiger charge is -2.24. The average molecular weight is 576 g/mol. The summed E-state index contributed by atoms with van der Waals surface area (Å²) in [5.41, 5.74) is 12.4. The monoisotopic (exact) mass is 575 g/mol. The van der Waals surface area contributed by atoms with Crippen LogP contribution in [0.4, 0.5) is 0 Å². The highest BCUT2D eigenvalue weighted by Crippen LogP contribution is 2.13. The molecule has 0 aromatic heterocycles. The Kier molecular flexibility index (Phi) is 12.2. The first-order chi connectivity index (χ1) is 18.9. The number of carboxylic acid groups (broad SMARTS) is 1. The van der Waals surface area contributed by atoms with Crippen molar-refractivity contribution < 1.29 is 39.3 Å². The number of carboxylic acids is 1. The lowest BCUT2D eigenvalue weighted by molar-refractivity contribution is -0.142. The molecule has 0 spiro atoms. The third-order valence-electron chi connectivity index (χ3n) is 5.85. The van der Waals surface area contributed by atoms with Crippen molar-refractivity contribution >= 4 is 42.2 Å². The summed E-state index contributed by atoms with van der Waals surface area (Å²) in [7, 11) is 0. The molecule has 0 heterocycles. The van der Waals surface area contributed by atoms with Crippen molar-refractivity contribution in [1.29, 1.82) is 0 Å². The van der Waals surface area contributed by atoms with Crippen LogP contribution in [0.3, 0.4) is 0 Å². The number of nitrogens with one attached hydrogen (secondary N) is 3. The van der Waals surface area contributed by atoms with E-state index in [0.29, 0.717) is 11.1 Å². The first-order valence-electron chi connectivity index (χ1n) is 12.2. The number of phenolic OH excluding ortho intramolecular Hbond substituents is 2. The van der Waals surface area contributed by atoms with Gasteiger partial charge in [0.1, 0.15) is 29.6 Å². The zero-order valence-corrected chi connectivity index (χ0v) is 22.3. The maximum Gasteiger partial charge on any atom is 0.326 e. The molecule has 0 aliphatic carbocycles. The largest absolute Gasteiger partial charge is 0.508 e. The molecule has 10 N–H and O–H groups in total. The van der Waals surface area contributed by atoms with Crippen LogP contribution in [-0.4, -0.2) is 74.8 Å². The molecule has 13 nitrogen and oxygen atoms in total. The fourth-order valence-electron chi connectivity index (χ4n) is 3.62. The van der Waals surface area contributed by atoms with Crippen LogP contribution in [-0.2, 0) is 36.8 Å². The predicted octanol–water partition coefficient (Wildman–Crippen LogP) is -1.06. The van der Waals surface area contributed by atoms with Gasteiger partial charge in [0.2, 0.25) is 23.6 Å². The molecule has 0 bridgehead atoms. The minimum atomic E-state index is -1.39. The van der Waals surface area contributed by atoms with E-state index in [4.69, 9.17) is 11.5 Å². The van der Waals surface area contributed by atoms with Crippen molar-refractivity contribution in [1.82, 2.24) is 16.0 Å². The van der Waals surface area contributed by atoms with Gasteiger partial charge in [-0.3, -0.25) is 19.2 Å². The van der Waals surface area contributed by atoms with E-state index in [1.54, 1.807) is 12.1 Å². The Hall–Kier alpha value is -4.30. The Labute approximate surface area is 235 Å². The molecule has 216 valence electrons. The second kappa shape index (κ2) is 15.3. The van der Waals surface area contributed by atoms with Crippen LogP contribution < -0.4 is 27.4 Å². The molecule has 2 aromatic rings. The van der Waals surface area contributed by atoms with Gasteiger partial charge in [-0.25, -0.2) is 4.79 Å². The van der Waals surface area contributed by atoms with Crippen molar-refractivity contribution in [2.45, 2.75) is 49.9 Å². The van der Waals surface area contributed by atoms with Crippen molar-refractivity contribution in [3.05, 3.63) is 59.7 Å². The van der Waals surface area contributed by atoms with E-state index in [0.717, 1.165) is 0 Å². The van der Waals surface area contributed by atoms with Gasteiger partial charge < -0.3 is 42.7 Å². The van der Waals surface area contributed by atoms with Gasteiger partial charge in [-0.15, -0.1) is 0 Å². The molecule has 0 aliphatic heterocycles. The van der Waals surface area contributed by atoms with Crippen molar-refractivity contribution in [2.75, 3.05) is 5.75 Å². The van der Waals surface area contributed by atoms with Crippen molar-refractivity contribution in [3.8, 4) is 11.5 Å². The van der Waals surface area contributed by atoms with Gasteiger partial charge in [-0.05, 0) is 48.2 Å². The highest BCUT2D eigenvalue weighted by Gasteiger charge is 2.30. The Morgan fingerprint density at radius 1 is 0.725 bits per heavy atom. The second-order valence-corrected chi connectivity index (χ2v) is 9.42. The van der Waals surface area contributed by atoms with Gasteiger partial charge in [0.15, 0.2) is 0 Å². The first kappa shape index (κ1) is 31.9. The SMILES string of the molecule is NC(=O)CCC(NC(=O)C(CS)NC(=O)C(N)Cc1ccc(O)cc1)C(=O)NC(Cc1ccc(O)cc1)C(=O)O. The van der Waals surface area contributed by atoms with E-state index in [9.17, 15) is 39.3 Å². The number of amides is 4. The molecule has 0 saturated carbocycles. The number of aliphatic carboxylic acids is 1. The minimum absolute atomic E-state index is 0.0129. The maximum absolute atomic E-state index is 13.0. The van der Waals surface area contributed by atoms with Crippen molar-refractivity contribution in [3.63, 3.8) is 0 Å². The van der Waals surface area contributed by atoms with Crippen LogP contribution >= 0.6 is 12.6 Å². The molecule has 4 unspecified atom stereocenters. The zero-order valence-electron chi connectivity index (χ0n) is 21.4. The minimum Gasteiger partial charge on any atom is -0.508 e. The number of aromatic hydroxyl groups is 2. The van der Waals surface area contributed by atoms with E-state index >= 15 is 0 Å². The quantitative estimate of drug-likeness (QED) is 0.118. The fraction of sp³-hybridized carbons (Fsp3) is 0.346. The number of benzene rings is 2. The number of phenols is 2. The number of hydrogen-bond acceptors (Lipinski definition) is 9. The van der Waals surface area contributed by atoms with Crippen LogP contribution in [0.25, 0.3) is 0 Å². The van der Waals surface area contributed by atoms with Crippen LogP contribution in [0.15, 0.2) is 48.5 Å². The normalized spacial score (nSPS) is 13.8. The summed E-state index contributed by atoms with van der Waals surface area (Å²) in [6, 6.07) is 6.83. The summed E-state index contributed by atoms with van der Waals surface area (Å²) in [6.07, 6.45) is -0.518. The second-order valence-electron chi connectivity index (χ2n) is 9.06. The van der Waals surface area contributed by atoms with Crippen LogP contribution in [0, 0.1) is 0 Å². The molecular formula is C26H33N5O8S. The number of thiol groups is 1. The summed E-state index contributed by atoms with van der Waals surface area (Å²) in [5, 5.41) is 35.6. The molecule has 40 heavy (non-hydrogen) atoms. The Morgan fingerprint density at radius 2 is 1.18 bits per heavy atom. The summed E-state index contributed by atoms with van der Waals surface area (Å²) >= 11 is 4.10. The Bertz CT molecular complexity index is 1190. The number of carbonyl (C=O) groups is 5. The number of primary amides is 1. The molecule has 2 rings (SSSR count). The van der Waals surface area contributed by atoms with E-state index in [1.165, 1.54) is 36.4 Å². The van der Waals surface area contributed by atoms with Gasteiger partial charge >= 0.3 is 5.97 Å². The van der Waals surface area contributed by atoms with Gasteiger partial charge in [0.25, 0.3) is 0 Å². The van der Waals surface area contributed by atoms with E-state index < -0.39 is 53.8 Å². The molecular weight excluding hydrogens is 542 g/mol. The molecule has 0 aliphatic rings. The molecule has 0 saturated heterocycles. The lowest BCUT2D eigenvalue weighted by atomic mass is 10.0. The summed E-state index contributed by atoms with van der Waals surface area (Å²) in [5.74, 6) is -4.56. The van der Waals surface area contributed by atoms with E-state index in [2.05, 4.69) is 28.6 Å². The standard InChI is InChI=1S/C26H33N5O8S/c27-18(11-14-1-5-16(32)6-2-14)23(35)31-21(13-40)25(37)29-19(9-10-22(28)34)24(36)30-20(26(38)39)12-15-3-7-17(33)8-4-15/h1-8,18-21,32-33,40H,9-13,27H2,(H2,28,34)(H,29,37)(H,30,36)(H,31,35)(H,38,39). The van der Waals surface area contributed by atoms with E-state index in [-0.39, 0.29) is 42.9 Å². The fourth-order valence-corrected chi connectivity index (χ4v) is 3.88. The maximum atomic E-state index is 13.0. The smallest absolute Gasteiger partial charge is 0.326 e. The van der Waals surface area contributed by atoms with Crippen LogP contribution in [0.5, 0.6) is 11.5 Å². The predicted molar refractivity (Wildman–Crippen MR) is 147 cm³/mol. The third-order valence-corrected chi connectivity index (χ3v) is 6.21. The molecule has 14 heteroatoms. The Morgan fingerprint density at radius 3 is 1.65 bits per heavy atom. The van der Waals surface area contributed by atoms with Gasteiger partial charge in [0, 0.05) is 18.6 Å². The highest BCUT2D eigenvalue weighted by molar-refractivity contribution is 7.80. The average Bonchev–Trinajstić information content (AvgIpc) is 2.91. The molecule has 2 aromatic carbocycles. The Balaban J connectivity index is 2.07. The number of rotatable bonds is 15. The number of nitrogens with two attached hydrogens (primary N) is 2. The number of hydrogen-bond donors (Lipinski definition) is 9. The summed E-state index contributed by atoms with van der Waals surface area (Å²) in [4.78, 5) is 61.7. The van der Waals surface area contributed by atoms with Gasteiger partial charge in [-0.1, -0.05) is 24.3 Å². The number of carbonyl (C=O) groups excluding carboxylic acids is 4. The summed E-state index contributed by atoms with van der Waals surface area (Å²) in [6.45, 7) is 0. The van der Waals surface area contributed by atoms with E-state index in [1.807, 2.05) is 0 Å². The molecule has 4 amide bonds. The molecule has 4 atom stereocenters. The van der Waals surface area contributed by atoms with Crippen LogP contribution in [0.1, 0.15) is 24.0 Å². The van der Waals surface area contributed by atoms with Crippen LogP contribution in [0.2, 0.25) is 0 Å². The highest BCUT2D eigenvalue weighted by atomic mass is 32.1. The molecule has 0 fully saturated rings. The topological polar surface area (TPSA) is 234 Å². The summed E-state index contributed by atoms with van der Waals surface area (Å²) < 4.78 is 0. The molecule has 0 radical (unpaired) electrons. The van der Waals surface area contributed by atoms with Crippen molar-refractivity contribution in [2.24, 2.45) is 11.5 Å². The first-order valence-corrected chi connectivity index (χ1v) is 12.9.